The number of ether oxygens (including phenoxy) is 2. The van der Waals surface area contributed by atoms with Crippen LogP contribution in [0.2, 0.25) is 0 Å². The summed E-state index contributed by atoms with van der Waals surface area (Å²) in [6, 6.07) is 0. The molecule has 0 aromatic rings. The standard InChI is InChI=1S/C15H28O3/c1-5-17-13-8-7-10-15(13,11-9-12(3)4)14(16)18-6-2/h12-13H,5-11H2,1-4H3. The highest BCUT2D eigenvalue weighted by atomic mass is 16.5. The fourth-order valence-corrected chi connectivity index (χ4v) is 2.93. The fraction of sp³-hybridized carbons (Fsp3) is 0.933. The molecule has 18 heavy (non-hydrogen) atoms. The number of carbonyl (C=O) groups is 1. The second-order valence-electron chi connectivity index (χ2n) is 5.65. The van der Waals surface area contributed by atoms with Crippen LogP contribution in [0.15, 0.2) is 0 Å². The molecule has 1 aliphatic carbocycles. The van der Waals surface area contributed by atoms with Gasteiger partial charge < -0.3 is 9.47 Å². The maximum absolute atomic E-state index is 12.4. The second-order valence-corrected chi connectivity index (χ2v) is 5.65. The largest absolute Gasteiger partial charge is 0.465 e. The van der Waals surface area contributed by atoms with Crippen molar-refractivity contribution in [3.63, 3.8) is 0 Å². The van der Waals surface area contributed by atoms with Crippen LogP contribution < -0.4 is 0 Å². The molecule has 106 valence electrons. The van der Waals surface area contributed by atoms with Gasteiger partial charge in [0.05, 0.1) is 18.1 Å². The predicted molar refractivity (Wildman–Crippen MR) is 72.4 cm³/mol. The van der Waals surface area contributed by atoms with Gasteiger partial charge in [0, 0.05) is 6.61 Å². The molecule has 0 heterocycles. The molecule has 0 N–H and O–H groups in total. The van der Waals surface area contributed by atoms with Gasteiger partial charge in [0.15, 0.2) is 0 Å². The summed E-state index contributed by atoms with van der Waals surface area (Å²) in [6.07, 6.45) is 4.99. The van der Waals surface area contributed by atoms with E-state index in [-0.39, 0.29) is 17.5 Å². The van der Waals surface area contributed by atoms with E-state index in [1.165, 1.54) is 0 Å². The minimum atomic E-state index is -0.379. The van der Waals surface area contributed by atoms with Crippen molar-refractivity contribution in [2.75, 3.05) is 13.2 Å². The summed E-state index contributed by atoms with van der Waals surface area (Å²) in [5, 5.41) is 0. The Labute approximate surface area is 111 Å². The number of rotatable bonds is 7. The average Bonchev–Trinajstić information content (AvgIpc) is 2.72. The number of carbonyl (C=O) groups excluding carboxylic acids is 1. The molecule has 3 nitrogen and oxygen atoms in total. The van der Waals surface area contributed by atoms with Gasteiger partial charge in [0.2, 0.25) is 0 Å². The molecule has 0 aliphatic heterocycles. The van der Waals surface area contributed by atoms with Crippen LogP contribution in [-0.4, -0.2) is 25.3 Å². The van der Waals surface area contributed by atoms with E-state index in [4.69, 9.17) is 9.47 Å². The highest BCUT2D eigenvalue weighted by molar-refractivity contribution is 5.78. The number of hydrogen-bond donors (Lipinski definition) is 0. The molecular formula is C15H28O3. The van der Waals surface area contributed by atoms with Crippen LogP contribution in [-0.2, 0) is 14.3 Å². The van der Waals surface area contributed by atoms with Crippen LogP contribution in [0.25, 0.3) is 0 Å². The van der Waals surface area contributed by atoms with Crippen molar-refractivity contribution in [2.24, 2.45) is 11.3 Å². The first kappa shape index (κ1) is 15.5. The first-order valence-corrected chi connectivity index (χ1v) is 7.35. The molecule has 0 spiro atoms. The van der Waals surface area contributed by atoms with Crippen LogP contribution in [0.1, 0.15) is 59.8 Å². The van der Waals surface area contributed by atoms with Gasteiger partial charge in [0.1, 0.15) is 0 Å². The third kappa shape index (κ3) is 3.47. The molecule has 1 aliphatic rings. The highest BCUT2D eigenvalue weighted by Gasteiger charge is 2.50. The van der Waals surface area contributed by atoms with Gasteiger partial charge in [-0.3, -0.25) is 4.79 Å². The van der Waals surface area contributed by atoms with Gasteiger partial charge in [-0.15, -0.1) is 0 Å². The monoisotopic (exact) mass is 256 g/mol. The van der Waals surface area contributed by atoms with Crippen molar-refractivity contribution in [2.45, 2.75) is 65.9 Å². The van der Waals surface area contributed by atoms with E-state index in [1.807, 2.05) is 13.8 Å². The van der Waals surface area contributed by atoms with Gasteiger partial charge in [-0.05, 0) is 51.9 Å². The lowest BCUT2D eigenvalue weighted by Crippen LogP contribution is -2.41. The minimum absolute atomic E-state index is 0.0402. The van der Waals surface area contributed by atoms with Crippen LogP contribution in [0.3, 0.4) is 0 Å². The summed E-state index contributed by atoms with van der Waals surface area (Å²) in [7, 11) is 0. The molecule has 0 aromatic heterocycles. The zero-order chi connectivity index (χ0) is 13.6. The first-order chi connectivity index (χ1) is 8.56. The number of hydrogen-bond acceptors (Lipinski definition) is 3. The van der Waals surface area contributed by atoms with E-state index in [2.05, 4.69) is 13.8 Å². The van der Waals surface area contributed by atoms with Gasteiger partial charge in [-0.1, -0.05) is 13.8 Å². The average molecular weight is 256 g/mol. The van der Waals surface area contributed by atoms with Crippen LogP contribution in [0, 0.1) is 11.3 Å². The zero-order valence-corrected chi connectivity index (χ0v) is 12.3. The number of esters is 1. The third-order valence-electron chi connectivity index (χ3n) is 3.92. The summed E-state index contributed by atoms with van der Waals surface area (Å²) in [6.45, 7) is 9.40. The van der Waals surface area contributed by atoms with E-state index in [1.54, 1.807) is 0 Å². The molecule has 3 heteroatoms. The Kier molecular flexibility index (Phi) is 6.13. The topological polar surface area (TPSA) is 35.5 Å². The summed E-state index contributed by atoms with van der Waals surface area (Å²) in [4.78, 5) is 12.4. The molecule has 0 bridgehead atoms. The van der Waals surface area contributed by atoms with Crippen molar-refractivity contribution >= 4 is 5.97 Å². The Balaban J connectivity index is 2.81. The van der Waals surface area contributed by atoms with Crippen molar-refractivity contribution in [3.05, 3.63) is 0 Å². The Morgan fingerprint density at radius 1 is 1.33 bits per heavy atom. The van der Waals surface area contributed by atoms with Crippen molar-refractivity contribution in [3.8, 4) is 0 Å². The summed E-state index contributed by atoms with van der Waals surface area (Å²) in [5.74, 6) is 0.570. The third-order valence-corrected chi connectivity index (χ3v) is 3.92. The van der Waals surface area contributed by atoms with Crippen LogP contribution in [0.5, 0.6) is 0 Å². The lowest BCUT2D eigenvalue weighted by atomic mass is 9.78. The van der Waals surface area contributed by atoms with Gasteiger partial charge >= 0.3 is 5.97 Å². The smallest absolute Gasteiger partial charge is 0.314 e. The van der Waals surface area contributed by atoms with E-state index in [0.29, 0.717) is 19.1 Å². The summed E-state index contributed by atoms with van der Waals surface area (Å²) in [5.41, 5.74) is -0.379. The molecule has 2 unspecified atom stereocenters. The zero-order valence-electron chi connectivity index (χ0n) is 12.3. The maximum Gasteiger partial charge on any atom is 0.314 e. The molecule has 0 saturated heterocycles. The quantitative estimate of drug-likeness (QED) is 0.653. The molecule has 1 saturated carbocycles. The van der Waals surface area contributed by atoms with Crippen LogP contribution in [0.4, 0.5) is 0 Å². The normalized spacial score (nSPS) is 27.7. The van der Waals surface area contributed by atoms with Crippen LogP contribution >= 0.6 is 0 Å². The minimum Gasteiger partial charge on any atom is -0.465 e. The van der Waals surface area contributed by atoms with Crippen molar-refractivity contribution in [1.82, 2.24) is 0 Å². The van der Waals surface area contributed by atoms with E-state index < -0.39 is 0 Å². The fourth-order valence-electron chi connectivity index (χ4n) is 2.93. The molecular weight excluding hydrogens is 228 g/mol. The van der Waals surface area contributed by atoms with E-state index in [0.717, 1.165) is 32.1 Å². The van der Waals surface area contributed by atoms with E-state index >= 15 is 0 Å². The van der Waals surface area contributed by atoms with Crippen molar-refractivity contribution < 1.29 is 14.3 Å². The van der Waals surface area contributed by atoms with Gasteiger partial charge in [0.25, 0.3) is 0 Å². The molecule has 0 amide bonds. The SMILES string of the molecule is CCOC(=O)C1(CCC(C)C)CCCC1OCC. The Morgan fingerprint density at radius 2 is 2.06 bits per heavy atom. The lowest BCUT2D eigenvalue weighted by molar-refractivity contribution is -0.164. The van der Waals surface area contributed by atoms with Crippen molar-refractivity contribution in [1.29, 1.82) is 0 Å². The van der Waals surface area contributed by atoms with Gasteiger partial charge in [-0.25, -0.2) is 0 Å². The summed E-state index contributed by atoms with van der Waals surface area (Å²) < 4.78 is 11.1. The van der Waals surface area contributed by atoms with Gasteiger partial charge in [-0.2, -0.15) is 0 Å². The Bertz CT molecular complexity index is 262. The molecule has 1 rings (SSSR count). The maximum atomic E-state index is 12.4. The predicted octanol–water partition coefficient (Wildman–Crippen LogP) is 3.56. The van der Waals surface area contributed by atoms with E-state index in [9.17, 15) is 4.79 Å². The molecule has 0 aromatic carbocycles. The second kappa shape index (κ2) is 7.13. The lowest BCUT2D eigenvalue weighted by Gasteiger charge is -2.33. The highest BCUT2D eigenvalue weighted by Crippen LogP contribution is 2.45. The Hall–Kier alpha value is -0.570. The molecule has 0 radical (unpaired) electrons. The Morgan fingerprint density at radius 3 is 2.61 bits per heavy atom. The summed E-state index contributed by atoms with van der Waals surface area (Å²) >= 11 is 0. The first-order valence-electron chi connectivity index (χ1n) is 7.35. The molecule has 1 fully saturated rings. The molecule has 2 atom stereocenters.